The van der Waals surface area contributed by atoms with Crippen LogP contribution < -0.4 is 0 Å². The van der Waals surface area contributed by atoms with Crippen LogP contribution in [0.4, 0.5) is 0 Å². The summed E-state index contributed by atoms with van der Waals surface area (Å²) < 4.78 is 0. The molecule has 0 nitrogen and oxygen atoms in total. The Labute approximate surface area is 202 Å². The fraction of sp³-hybridized carbons (Fsp3) is 0. The van der Waals surface area contributed by atoms with E-state index in [0.29, 0.717) is 0 Å². The quantitative estimate of drug-likeness (QED) is 0.219. The zero-order valence-electron chi connectivity index (χ0n) is 16.5. The minimum absolute atomic E-state index is 0. The third-order valence-corrected chi connectivity index (χ3v) is 2.22. The van der Waals surface area contributed by atoms with Gasteiger partial charge >= 0.3 is 52.4 Å². The molecule has 0 saturated carbocycles. The fourth-order valence-electron chi connectivity index (χ4n) is 1.28. The Bertz CT molecular complexity index is 341. The van der Waals surface area contributed by atoms with Crippen molar-refractivity contribution in [1.29, 1.82) is 0 Å². The maximum absolute atomic E-state index is 2.00. The summed E-state index contributed by atoms with van der Waals surface area (Å²) in [5.41, 5.74) is 0. The van der Waals surface area contributed by atoms with Gasteiger partial charge in [-0.1, -0.05) is 0 Å². The van der Waals surface area contributed by atoms with Crippen molar-refractivity contribution in [1.82, 2.24) is 0 Å². The molecule has 0 amide bonds. The van der Waals surface area contributed by atoms with Gasteiger partial charge in [0.25, 0.3) is 0 Å². The molecule has 0 heterocycles. The Balaban J connectivity index is -0.0000000476. The molecule has 0 unspecified atom stereocenters. The van der Waals surface area contributed by atoms with Crippen LogP contribution >= 0.6 is 0 Å². The van der Waals surface area contributed by atoms with Gasteiger partial charge in [0, 0.05) is 0 Å². The van der Waals surface area contributed by atoms with Crippen molar-refractivity contribution in [3.63, 3.8) is 0 Å². The molecule has 0 radical (unpaired) electrons. The minimum Gasteiger partial charge on any atom is -0.358 e. The molecular weight excluding hydrogens is 471 g/mol. The third-order valence-electron chi connectivity index (χ3n) is 2.22. The number of hydrogen-bond acceptors (Lipinski definition) is 0. The second-order valence-corrected chi connectivity index (χ2v) is 3.85. The van der Waals surface area contributed by atoms with Gasteiger partial charge in [0.15, 0.2) is 0 Å². The Morgan fingerprint density at radius 3 is 0.423 bits per heavy atom. The van der Waals surface area contributed by atoms with E-state index < -0.39 is 0 Å². The van der Waals surface area contributed by atoms with Crippen LogP contribution in [-0.2, 0) is 52.4 Å². The summed E-state index contributed by atoms with van der Waals surface area (Å²) in [5, 5.41) is 0. The van der Waals surface area contributed by atoms with Crippen LogP contribution in [0.2, 0.25) is 0 Å². The Kier molecular flexibility index (Phi) is 54.3. The molecule has 4 aromatic carbocycles. The van der Waals surface area contributed by atoms with Crippen molar-refractivity contribution in [2.45, 2.75) is 0 Å². The Morgan fingerprint density at radius 1 is 0.269 bits per heavy atom. The predicted molar refractivity (Wildman–Crippen MR) is 114 cm³/mol. The van der Waals surface area contributed by atoms with Crippen molar-refractivity contribution in [3.05, 3.63) is 151 Å². The molecule has 0 fully saturated rings. The molecule has 136 valence electrons. The first-order valence-electron chi connectivity index (χ1n) is 6.67. The molecule has 0 saturated heterocycles. The van der Waals surface area contributed by atoms with E-state index in [1.54, 1.807) is 0 Å². The van der Waals surface area contributed by atoms with Crippen molar-refractivity contribution < 1.29 is 52.4 Å². The van der Waals surface area contributed by atoms with Crippen molar-refractivity contribution >= 4 is 0 Å². The van der Waals surface area contributed by atoms with E-state index in [2.05, 4.69) is 0 Å². The smallest absolute Gasteiger partial charge is 0.358 e. The maximum atomic E-state index is 2.00. The Hall–Kier alpha value is -0.834. The van der Waals surface area contributed by atoms with Gasteiger partial charge in [-0.05, 0) is 0 Å². The normalized spacial score (nSPS) is 6.15. The molecular formula is C24H32Zr2. The first-order valence-corrected chi connectivity index (χ1v) is 6.67. The average Bonchev–Trinajstić information content (AvgIpc) is 3.40. The monoisotopic (exact) mass is 500 g/mol. The van der Waals surface area contributed by atoms with Crippen LogP contribution in [-0.4, -0.2) is 0 Å². The van der Waals surface area contributed by atoms with E-state index >= 15 is 0 Å². The van der Waals surface area contributed by atoms with Gasteiger partial charge < -0.3 is 29.7 Å². The van der Waals surface area contributed by atoms with Gasteiger partial charge in [-0.15, -0.1) is 0 Å². The zero-order valence-corrected chi connectivity index (χ0v) is 21.5. The minimum atomic E-state index is 0. The number of rotatable bonds is 0. The molecule has 0 aliphatic heterocycles. The van der Waals surface area contributed by atoms with E-state index in [0.717, 1.165) is 0 Å². The molecule has 0 spiro atoms. The summed E-state index contributed by atoms with van der Waals surface area (Å²) in [6.45, 7) is 0. The van der Waals surface area contributed by atoms with Crippen LogP contribution in [0, 0.1) is 29.7 Å². The molecule has 0 bridgehead atoms. The largest absolute Gasteiger partial charge is 4.00 e. The summed E-state index contributed by atoms with van der Waals surface area (Å²) in [6, 6.07) is 40.0. The maximum Gasteiger partial charge on any atom is 4.00 e. The van der Waals surface area contributed by atoms with E-state index in [1.807, 2.05) is 121 Å². The van der Waals surface area contributed by atoms with Gasteiger partial charge in [-0.25, -0.2) is 48.5 Å². The molecule has 0 aromatic heterocycles. The van der Waals surface area contributed by atoms with Gasteiger partial charge in [0.05, 0.1) is 0 Å². The average molecular weight is 503 g/mol. The van der Waals surface area contributed by atoms with Gasteiger partial charge in [-0.2, -0.15) is 72.8 Å². The fourth-order valence-corrected chi connectivity index (χ4v) is 1.28. The van der Waals surface area contributed by atoms with Gasteiger partial charge in [-0.3, -0.25) is 0 Å². The van der Waals surface area contributed by atoms with E-state index in [4.69, 9.17) is 0 Å². The van der Waals surface area contributed by atoms with E-state index in [-0.39, 0.29) is 82.1 Å². The zero-order chi connectivity index (χ0) is 14.1. The van der Waals surface area contributed by atoms with Crippen LogP contribution in [0.15, 0.2) is 121 Å². The summed E-state index contributed by atoms with van der Waals surface area (Å²) >= 11 is 0. The summed E-state index contributed by atoms with van der Waals surface area (Å²) in [4.78, 5) is 0. The molecule has 0 N–H and O–H groups in total. The molecule has 0 atom stereocenters. The molecule has 2 heteroatoms. The van der Waals surface area contributed by atoms with Gasteiger partial charge in [0.2, 0.25) is 0 Å². The molecule has 4 rings (SSSR count). The topological polar surface area (TPSA) is 0 Å². The van der Waals surface area contributed by atoms with Gasteiger partial charge in [0.1, 0.15) is 0 Å². The van der Waals surface area contributed by atoms with Crippen molar-refractivity contribution in [3.8, 4) is 0 Å². The standard InChI is InChI=1S/4C5H5.4CH3.2Zr/c4*1-2-4-5-3-1;;;;;;/h4*1-5H;4*1H3;;/q8*-1;2*+4. The molecule has 0 aliphatic carbocycles. The second kappa shape index (κ2) is 35.3. The third kappa shape index (κ3) is 31.0. The van der Waals surface area contributed by atoms with Crippen molar-refractivity contribution in [2.24, 2.45) is 0 Å². The van der Waals surface area contributed by atoms with Crippen LogP contribution in [0.25, 0.3) is 0 Å². The van der Waals surface area contributed by atoms with Crippen LogP contribution in [0.5, 0.6) is 0 Å². The van der Waals surface area contributed by atoms with Crippen LogP contribution in [0.3, 0.4) is 0 Å². The van der Waals surface area contributed by atoms with Crippen molar-refractivity contribution in [2.75, 3.05) is 0 Å². The van der Waals surface area contributed by atoms with E-state index in [9.17, 15) is 0 Å². The second-order valence-electron chi connectivity index (χ2n) is 3.85. The molecule has 4 aromatic rings. The number of hydrogen-bond donors (Lipinski definition) is 0. The SMILES string of the molecule is [CH3-].[CH3-].[CH3-].[CH3-].[Zr+4].[Zr+4].c1cc[cH-]c1.c1cc[cH-]c1.c1cc[cH-]c1.c1cc[cH-]c1. The predicted octanol–water partition coefficient (Wildman–Crippen LogP) is 7.42. The summed E-state index contributed by atoms with van der Waals surface area (Å²) in [7, 11) is 0. The first kappa shape index (κ1) is 40.0. The van der Waals surface area contributed by atoms with Crippen LogP contribution in [0.1, 0.15) is 0 Å². The van der Waals surface area contributed by atoms with E-state index in [1.165, 1.54) is 0 Å². The molecule has 0 aliphatic rings. The molecule has 26 heavy (non-hydrogen) atoms. The summed E-state index contributed by atoms with van der Waals surface area (Å²) in [6.07, 6.45) is 0. The first-order chi connectivity index (χ1) is 10.0. The Morgan fingerprint density at radius 2 is 0.385 bits per heavy atom. The summed E-state index contributed by atoms with van der Waals surface area (Å²) in [5.74, 6) is 0.